The number of para-hydroxylation sites is 1. The van der Waals surface area contributed by atoms with E-state index >= 15 is 0 Å². The largest absolute Gasteiger partial charge is 0.508 e. The first-order chi connectivity index (χ1) is 8.66. The van der Waals surface area contributed by atoms with Crippen LogP contribution in [0.15, 0.2) is 47.1 Å². The second kappa shape index (κ2) is 5.64. The highest BCUT2D eigenvalue weighted by molar-refractivity contribution is 9.10. The molecular weight excluding hydrogens is 296 g/mol. The fourth-order valence-corrected chi connectivity index (χ4v) is 1.67. The van der Waals surface area contributed by atoms with Gasteiger partial charge in [-0.3, -0.25) is 4.79 Å². The van der Waals surface area contributed by atoms with Crippen LogP contribution in [0.4, 0.5) is 0 Å². The second-order valence-electron chi connectivity index (χ2n) is 3.67. The lowest BCUT2D eigenvalue weighted by molar-refractivity contribution is 0.0946. The average Bonchev–Trinajstić information content (AvgIpc) is 2.38. The predicted molar refractivity (Wildman–Crippen MR) is 71.2 cm³/mol. The molecule has 5 heteroatoms. The molecule has 0 aliphatic heterocycles. The summed E-state index contributed by atoms with van der Waals surface area (Å²) in [4.78, 5) is 15.8. The zero-order chi connectivity index (χ0) is 13.0. The smallest absolute Gasteiger partial charge is 0.270 e. The SMILES string of the molecule is O=C(NCc1ccccc1O)c1ccc(Br)cn1. The molecule has 1 aromatic carbocycles. The van der Waals surface area contributed by atoms with Gasteiger partial charge in [-0.15, -0.1) is 0 Å². The van der Waals surface area contributed by atoms with Gasteiger partial charge >= 0.3 is 0 Å². The van der Waals surface area contributed by atoms with E-state index in [-0.39, 0.29) is 18.2 Å². The summed E-state index contributed by atoms with van der Waals surface area (Å²) in [5.41, 5.74) is 1.01. The Morgan fingerprint density at radius 1 is 1.28 bits per heavy atom. The van der Waals surface area contributed by atoms with Gasteiger partial charge in [-0.2, -0.15) is 0 Å². The van der Waals surface area contributed by atoms with Crippen molar-refractivity contribution in [2.45, 2.75) is 6.54 Å². The highest BCUT2D eigenvalue weighted by Gasteiger charge is 2.07. The molecule has 92 valence electrons. The van der Waals surface area contributed by atoms with Gasteiger partial charge in [0.25, 0.3) is 5.91 Å². The lowest BCUT2D eigenvalue weighted by atomic mass is 10.2. The topological polar surface area (TPSA) is 62.2 Å². The standard InChI is InChI=1S/C13H11BrN2O2/c14-10-5-6-11(15-8-10)13(18)16-7-9-3-1-2-4-12(9)17/h1-6,8,17H,7H2,(H,16,18). The molecular formula is C13H11BrN2O2. The Morgan fingerprint density at radius 3 is 2.72 bits per heavy atom. The lowest BCUT2D eigenvalue weighted by Gasteiger charge is -2.06. The van der Waals surface area contributed by atoms with Gasteiger partial charge in [0.05, 0.1) is 0 Å². The second-order valence-corrected chi connectivity index (χ2v) is 4.59. The summed E-state index contributed by atoms with van der Waals surface area (Å²) >= 11 is 3.25. The number of amides is 1. The van der Waals surface area contributed by atoms with Crippen LogP contribution in [0.2, 0.25) is 0 Å². The Bertz CT molecular complexity index is 555. The Labute approximate surface area is 113 Å². The average molecular weight is 307 g/mol. The van der Waals surface area contributed by atoms with E-state index < -0.39 is 0 Å². The fraction of sp³-hybridized carbons (Fsp3) is 0.0769. The number of hydrogen-bond acceptors (Lipinski definition) is 3. The van der Waals surface area contributed by atoms with Gasteiger partial charge in [-0.1, -0.05) is 18.2 Å². The number of phenols is 1. The maximum atomic E-state index is 11.8. The first-order valence-electron chi connectivity index (χ1n) is 5.33. The molecule has 0 fully saturated rings. The normalized spacial score (nSPS) is 10.1. The van der Waals surface area contributed by atoms with E-state index in [0.29, 0.717) is 11.3 Å². The third-order valence-electron chi connectivity index (χ3n) is 2.39. The van der Waals surface area contributed by atoms with Gasteiger partial charge < -0.3 is 10.4 Å². The van der Waals surface area contributed by atoms with Gasteiger partial charge in [-0.05, 0) is 34.1 Å². The highest BCUT2D eigenvalue weighted by Crippen LogP contribution is 2.15. The summed E-state index contributed by atoms with van der Waals surface area (Å²) < 4.78 is 0.819. The molecule has 0 aliphatic rings. The summed E-state index contributed by atoms with van der Waals surface area (Å²) in [6, 6.07) is 10.3. The van der Waals surface area contributed by atoms with Crippen molar-refractivity contribution in [2.24, 2.45) is 0 Å². The highest BCUT2D eigenvalue weighted by atomic mass is 79.9. The van der Waals surface area contributed by atoms with Crippen molar-refractivity contribution in [1.29, 1.82) is 0 Å². The van der Waals surface area contributed by atoms with E-state index in [1.165, 1.54) is 0 Å². The molecule has 0 atom stereocenters. The molecule has 1 amide bonds. The van der Waals surface area contributed by atoms with Crippen LogP contribution in [0.5, 0.6) is 5.75 Å². The minimum Gasteiger partial charge on any atom is -0.508 e. The number of rotatable bonds is 3. The van der Waals surface area contributed by atoms with E-state index in [9.17, 15) is 9.90 Å². The Hall–Kier alpha value is -1.88. The number of nitrogens with zero attached hydrogens (tertiary/aromatic N) is 1. The lowest BCUT2D eigenvalue weighted by Crippen LogP contribution is -2.23. The number of halogens is 1. The van der Waals surface area contributed by atoms with Gasteiger partial charge in [0, 0.05) is 22.8 Å². The number of carbonyl (C=O) groups is 1. The zero-order valence-electron chi connectivity index (χ0n) is 9.43. The van der Waals surface area contributed by atoms with Gasteiger partial charge in [-0.25, -0.2) is 4.98 Å². The summed E-state index contributed by atoms with van der Waals surface area (Å²) in [6.45, 7) is 0.267. The molecule has 0 spiro atoms. The molecule has 1 heterocycles. The quantitative estimate of drug-likeness (QED) is 0.916. The van der Waals surface area contributed by atoms with Gasteiger partial charge in [0.2, 0.25) is 0 Å². The Morgan fingerprint density at radius 2 is 2.06 bits per heavy atom. The predicted octanol–water partition coefficient (Wildman–Crippen LogP) is 2.48. The molecule has 0 radical (unpaired) electrons. The third kappa shape index (κ3) is 3.07. The van der Waals surface area contributed by atoms with Crippen molar-refractivity contribution in [1.82, 2.24) is 10.3 Å². The van der Waals surface area contributed by atoms with Crippen LogP contribution < -0.4 is 5.32 Å². The third-order valence-corrected chi connectivity index (χ3v) is 2.86. The first-order valence-corrected chi connectivity index (χ1v) is 6.13. The van der Waals surface area contributed by atoms with Crippen LogP contribution in [0.25, 0.3) is 0 Å². The minimum atomic E-state index is -0.272. The molecule has 2 N–H and O–H groups in total. The van der Waals surface area contributed by atoms with Gasteiger partial charge in [0.1, 0.15) is 11.4 Å². The molecule has 2 rings (SSSR count). The van der Waals surface area contributed by atoms with Crippen molar-refractivity contribution >= 4 is 21.8 Å². The minimum absolute atomic E-state index is 0.168. The van der Waals surface area contributed by atoms with Crippen LogP contribution in [-0.4, -0.2) is 16.0 Å². The van der Waals surface area contributed by atoms with Crippen molar-refractivity contribution < 1.29 is 9.90 Å². The molecule has 2 aromatic rings. The number of carbonyl (C=O) groups excluding carboxylic acids is 1. The number of pyridine rings is 1. The van der Waals surface area contributed by atoms with Crippen molar-refractivity contribution in [3.8, 4) is 5.75 Å². The molecule has 4 nitrogen and oxygen atoms in total. The Balaban J connectivity index is 2.01. The maximum absolute atomic E-state index is 11.8. The molecule has 0 aliphatic carbocycles. The first kappa shape index (κ1) is 12.6. The number of phenolic OH excluding ortho intramolecular Hbond substituents is 1. The van der Waals surface area contributed by atoms with E-state index in [4.69, 9.17) is 0 Å². The number of aromatic nitrogens is 1. The molecule has 0 bridgehead atoms. The van der Waals surface area contributed by atoms with Gasteiger partial charge in [0.15, 0.2) is 0 Å². The molecule has 0 saturated heterocycles. The molecule has 1 aromatic heterocycles. The monoisotopic (exact) mass is 306 g/mol. The molecule has 0 unspecified atom stereocenters. The van der Waals surface area contributed by atoms with Crippen molar-refractivity contribution in [2.75, 3.05) is 0 Å². The number of nitrogens with one attached hydrogen (secondary N) is 1. The van der Waals surface area contributed by atoms with E-state index in [0.717, 1.165) is 4.47 Å². The zero-order valence-corrected chi connectivity index (χ0v) is 11.0. The van der Waals surface area contributed by atoms with Crippen molar-refractivity contribution in [3.63, 3.8) is 0 Å². The van der Waals surface area contributed by atoms with Crippen LogP contribution in [-0.2, 0) is 6.54 Å². The number of benzene rings is 1. The Kier molecular flexibility index (Phi) is 3.94. The summed E-state index contributed by atoms with van der Waals surface area (Å²) in [6.07, 6.45) is 1.56. The molecule has 0 saturated carbocycles. The van der Waals surface area contributed by atoms with Crippen LogP contribution in [0, 0.1) is 0 Å². The van der Waals surface area contributed by atoms with E-state index in [1.807, 2.05) is 0 Å². The van der Waals surface area contributed by atoms with E-state index in [2.05, 4.69) is 26.2 Å². The van der Waals surface area contributed by atoms with Crippen molar-refractivity contribution in [3.05, 3.63) is 58.3 Å². The van der Waals surface area contributed by atoms with Crippen LogP contribution in [0.1, 0.15) is 16.1 Å². The molecule has 18 heavy (non-hydrogen) atoms. The fourth-order valence-electron chi connectivity index (χ4n) is 1.44. The van der Waals surface area contributed by atoms with Crippen LogP contribution in [0.3, 0.4) is 0 Å². The number of aromatic hydroxyl groups is 1. The van der Waals surface area contributed by atoms with E-state index in [1.54, 1.807) is 42.6 Å². The summed E-state index contributed by atoms with van der Waals surface area (Å²) in [5.74, 6) is -0.104. The summed E-state index contributed by atoms with van der Waals surface area (Å²) in [7, 11) is 0. The number of hydrogen-bond donors (Lipinski definition) is 2. The van der Waals surface area contributed by atoms with Crippen LogP contribution >= 0.6 is 15.9 Å². The summed E-state index contributed by atoms with van der Waals surface area (Å²) in [5, 5.41) is 12.3. The maximum Gasteiger partial charge on any atom is 0.270 e.